The lowest BCUT2D eigenvalue weighted by Crippen LogP contribution is -1.89. The van der Waals surface area contributed by atoms with E-state index in [1.54, 1.807) is 0 Å². The molecule has 0 spiro atoms. The first-order chi connectivity index (χ1) is 74.3. The molecule has 0 aliphatic heterocycles. The van der Waals surface area contributed by atoms with Crippen LogP contribution in [0.5, 0.6) is 0 Å². The highest BCUT2D eigenvalue weighted by atomic mass is 32.1. The maximum Gasteiger partial charge on any atom is 0.136 e. The molecule has 0 bridgehead atoms. The molecule has 33 rings (SSSR count). The molecule has 0 aliphatic rings. The molecular weight excluding hydrogens is 1860 g/mol. The summed E-state index contributed by atoms with van der Waals surface area (Å²) >= 11 is 3.75. The zero-order valence-electron chi connectivity index (χ0n) is 80.9. The molecule has 6 heteroatoms. The van der Waals surface area contributed by atoms with Gasteiger partial charge in [-0.15, -0.1) is 22.7 Å². The summed E-state index contributed by atoms with van der Waals surface area (Å²) in [5.41, 5.74) is 27.9. The standard InChI is InChI=1S/C78H44O4.C36H22S.C30H18S/c1-2-12-58-57(11-1)69-39-45(51-33-53(47-23-29-65-61-13-3-7-17-71(61)79-75(65)41-47)37-54(34-51)48-24-30-66-62-14-4-8-18-72(62)80-76(66)42-48)21-27-59(69)60-28-22-46(40-70(58)60)52-35-55(49-25-31-67-63-15-5-9-19-73(63)81-77(67)43-49)38-56(36-52)50-26-32-68-64-16-6-10-20-74(64)82-78(68)44-50;1-2-9-29-27(8-1)28-10-3-4-12-31(28)36-26(13-7-14-32(29)36)24-18-16-23(17-19-24)25-20-21-35-33(22-25)30-11-5-6-15-34(30)37-35;1-2-9-23-21(7-1)22-8-3-4-10-24(22)28-17-19(13-15-25(23)28)20-14-16-27-26-11-5-6-12-29(26)31-30(27)18-20/h1-44H;1-22H;1-18H. The van der Waals surface area contributed by atoms with Crippen molar-refractivity contribution in [3.8, 4) is 100 Å². The number of hydrogen-bond donors (Lipinski definition) is 0. The Hall–Kier alpha value is -19.1. The van der Waals surface area contributed by atoms with Crippen molar-refractivity contribution in [2.45, 2.75) is 0 Å². The summed E-state index contributed by atoms with van der Waals surface area (Å²) in [6, 6.07) is 185. The van der Waals surface area contributed by atoms with E-state index in [0.717, 1.165) is 155 Å². The van der Waals surface area contributed by atoms with Crippen molar-refractivity contribution in [1.82, 2.24) is 0 Å². The Morgan fingerprint density at radius 2 is 0.307 bits per heavy atom. The highest BCUT2D eigenvalue weighted by Crippen LogP contribution is 2.50. The van der Waals surface area contributed by atoms with Crippen LogP contribution in [-0.4, -0.2) is 0 Å². The van der Waals surface area contributed by atoms with Gasteiger partial charge in [-0.2, -0.15) is 0 Å². The second-order valence-corrected chi connectivity index (χ2v) is 41.9. The van der Waals surface area contributed by atoms with E-state index in [4.69, 9.17) is 17.7 Å². The van der Waals surface area contributed by atoms with E-state index in [9.17, 15) is 0 Å². The van der Waals surface area contributed by atoms with Gasteiger partial charge in [0.05, 0.1) is 0 Å². The van der Waals surface area contributed by atoms with Crippen LogP contribution in [0.2, 0.25) is 0 Å². The van der Waals surface area contributed by atoms with Gasteiger partial charge in [-0.3, -0.25) is 0 Å². The summed E-state index contributed by atoms with van der Waals surface area (Å²) in [7, 11) is 0. The third-order valence-corrected chi connectivity index (χ3v) is 33.6. The highest BCUT2D eigenvalue weighted by molar-refractivity contribution is 7.26. The second-order valence-electron chi connectivity index (χ2n) is 39.8. The number of benzene rings is 27. The molecule has 0 fully saturated rings. The summed E-state index contributed by atoms with van der Waals surface area (Å²) < 4.78 is 31.2. The number of hydrogen-bond acceptors (Lipinski definition) is 6. The Morgan fingerprint density at radius 3 is 0.673 bits per heavy atom. The molecule has 0 unspecified atom stereocenters. The van der Waals surface area contributed by atoms with Crippen molar-refractivity contribution in [2.24, 2.45) is 0 Å². The van der Waals surface area contributed by atoms with E-state index in [2.05, 4.69) is 461 Å². The Kier molecular flexibility index (Phi) is 19.5. The van der Waals surface area contributed by atoms with Crippen LogP contribution in [0.15, 0.2) is 527 Å². The molecule has 0 amide bonds. The van der Waals surface area contributed by atoms with E-state index in [-0.39, 0.29) is 0 Å². The Balaban J connectivity index is 0.000000121. The summed E-state index contributed by atoms with van der Waals surface area (Å²) in [6.07, 6.45) is 0. The van der Waals surface area contributed by atoms with Crippen molar-refractivity contribution in [2.75, 3.05) is 0 Å². The van der Waals surface area contributed by atoms with Crippen molar-refractivity contribution in [1.29, 1.82) is 0 Å². The fourth-order valence-corrected chi connectivity index (χ4v) is 26.4. The first kappa shape index (κ1) is 85.3. The third-order valence-electron chi connectivity index (χ3n) is 31.3. The summed E-state index contributed by atoms with van der Waals surface area (Å²) in [5.74, 6) is 0. The number of furan rings is 4. The van der Waals surface area contributed by atoms with Gasteiger partial charge in [-0.1, -0.05) is 352 Å². The van der Waals surface area contributed by atoms with Gasteiger partial charge >= 0.3 is 0 Å². The molecule has 0 aliphatic carbocycles. The van der Waals surface area contributed by atoms with E-state index < -0.39 is 0 Å². The molecule has 0 radical (unpaired) electrons. The van der Waals surface area contributed by atoms with Gasteiger partial charge < -0.3 is 17.7 Å². The zero-order chi connectivity index (χ0) is 98.3. The van der Waals surface area contributed by atoms with Gasteiger partial charge in [0, 0.05) is 83.4 Å². The minimum Gasteiger partial charge on any atom is -0.456 e. The molecule has 150 heavy (non-hydrogen) atoms. The van der Waals surface area contributed by atoms with Gasteiger partial charge in [0.25, 0.3) is 0 Å². The first-order valence-corrected chi connectivity index (χ1v) is 52.9. The van der Waals surface area contributed by atoms with Gasteiger partial charge in [-0.25, -0.2) is 0 Å². The van der Waals surface area contributed by atoms with Crippen LogP contribution in [-0.2, 0) is 0 Å². The van der Waals surface area contributed by atoms with Crippen LogP contribution in [0.25, 0.3) is 325 Å². The molecule has 33 aromatic rings. The lowest BCUT2D eigenvalue weighted by atomic mass is 9.88. The minimum atomic E-state index is 0.872. The van der Waals surface area contributed by atoms with E-state index >= 15 is 0 Å². The number of fused-ring (bicyclic) bond motifs is 36. The second kappa shape index (κ2) is 34.3. The van der Waals surface area contributed by atoms with Crippen LogP contribution >= 0.6 is 22.7 Å². The first-order valence-electron chi connectivity index (χ1n) is 51.2. The average molecular weight is 1940 g/mol. The molecule has 696 valence electrons. The summed E-state index contributed by atoms with van der Waals surface area (Å²) in [4.78, 5) is 0. The van der Waals surface area contributed by atoms with Gasteiger partial charge in [0.15, 0.2) is 0 Å². The minimum absolute atomic E-state index is 0.872. The largest absolute Gasteiger partial charge is 0.456 e. The molecule has 6 heterocycles. The molecule has 6 aromatic heterocycles. The Morgan fingerprint density at radius 1 is 0.100 bits per heavy atom. The molecular formula is C144H84O4S2. The quantitative estimate of drug-likeness (QED) is 0.135. The van der Waals surface area contributed by atoms with Crippen molar-refractivity contribution in [3.05, 3.63) is 510 Å². The number of thiophene rings is 2. The maximum absolute atomic E-state index is 6.45. The average Bonchev–Trinajstić information content (AvgIpc) is 1.08. The highest BCUT2D eigenvalue weighted by Gasteiger charge is 2.23. The third kappa shape index (κ3) is 14.1. The van der Waals surface area contributed by atoms with Crippen LogP contribution in [0.1, 0.15) is 0 Å². The van der Waals surface area contributed by atoms with Crippen molar-refractivity contribution < 1.29 is 17.7 Å². The summed E-state index contributed by atoms with van der Waals surface area (Å²) in [5, 5.41) is 37.4. The Labute approximate surface area is 868 Å². The zero-order valence-corrected chi connectivity index (χ0v) is 82.6. The summed E-state index contributed by atoms with van der Waals surface area (Å²) in [6.45, 7) is 0. The van der Waals surface area contributed by atoms with E-state index in [0.29, 0.717) is 0 Å². The normalized spacial score (nSPS) is 12.0. The predicted molar refractivity (Wildman–Crippen MR) is 641 cm³/mol. The van der Waals surface area contributed by atoms with Crippen molar-refractivity contribution >= 4 is 248 Å². The molecule has 0 saturated carbocycles. The Bertz CT molecular complexity index is 10800. The van der Waals surface area contributed by atoms with Gasteiger partial charge in [-0.05, 0) is 355 Å². The maximum atomic E-state index is 6.45. The molecule has 0 atom stereocenters. The fourth-order valence-electron chi connectivity index (χ4n) is 24.1. The fraction of sp³-hybridized carbons (Fsp3) is 0. The van der Waals surface area contributed by atoms with Gasteiger partial charge in [0.1, 0.15) is 44.7 Å². The van der Waals surface area contributed by atoms with Crippen LogP contribution in [0, 0.1) is 0 Å². The van der Waals surface area contributed by atoms with Crippen molar-refractivity contribution in [3.63, 3.8) is 0 Å². The van der Waals surface area contributed by atoms with Crippen LogP contribution in [0.4, 0.5) is 0 Å². The van der Waals surface area contributed by atoms with Crippen LogP contribution < -0.4 is 0 Å². The van der Waals surface area contributed by atoms with E-state index in [1.165, 1.54) is 171 Å². The smallest absolute Gasteiger partial charge is 0.136 e. The SMILES string of the molecule is c1ccc2c(c1)oc1cc(-c3cc(-c4ccc5c(c4)oc4ccccc45)cc(-c4ccc5c6ccc(-c7cc(-c8ccc9c(c8)oc8ccccc89)cc(-c8ccc9c(c8)oc8ccccc89)c7)cc6c6ccccc6c5c4)c3)ccc12.c1ccc2c(c1)sc1cc(-c3ccc4c5ccccc5c5ccccc5c4c3)ccc12.c1ccc2c(c1)sc1ccc(-c3ccc(-c4cccc5c6ccccc6c6ccccc6c45)cc3)cc12. The predicted octanol–water partition coefficient (Wildman–Crippen LogP) is 42.8. The lowest BCUT2D eigenvalue weighted by molar-refractivity contribution is 0.668. The molecule has 4 nitrogen and oxygen atoms in total. The molecule has 27 aromatic carbocycles. The monoisotopic (exact) mass is 1940 g/mol. The molecule has 0 N–H and O–H groups in total. The van der Waals surface area contributed by atoms with E-state index in [1.807, 2.05) is 71.2 Å². The van der Waals surface area contributed by atoms with Crippen LogP contribution in [0.3, 0.4) is 0 Å². The topological polar surface area (TPSA) is 52.6 Å². The lowest BCUT2D eigenvalue weighted by Gasteiger charge is -2.16. The molecule has 0 saturated heterocycles. The number of para-hydroxylation sites is 4. The number of rotatable bonds is 9. The van der Waals surface area contributed by atoms with Gasteiger partial charge in [0.2, 0.25) is 0 Å².